The summed E-state index contributed by atoms with van der Waals surface area (Å²) >= 11 is 3.41. The van der Waals surface area contributed by atoms with Crippen molar-refractivity contribution >= 4 is 44.7 Å². The number of nitrogens with one attached hydrogen (secondary N) is 2. The molecule has 0 aromatic carbocycles. The summed E-state index contributed by atoms with van der Waals surface area (Å²) in [5.74, 6) is 1.77. The fourth-order valence-electron chi connectivity index (χ4n) is 4.21. The van der Waals surface area contributed by atoms with Crippen molar-refractivity contribution in [1.82, 2.24) is 19.9 Å². The van der Waals surface area contributed by atoms with Crippen molar-refractivity contribution in [1.29, 1.82) is 0 Å². The molecule has 0 radical (unpaired) electrons. The van der Waals surface area contributed by atoms with Gasteiger partial charge in [0.2, 0.25) is 5.95 Å². The van der Waals surface area contributed by atoms with Gasteiger partial charge in [-0.2, -0.15) is 4.98 Å². The number of pyridine rings is 1. The zero-order valence-electron chi connectivity index (χ0n) is 18.1. The average Bonchev–Trinajstić information content (AvgIpc) is 3.51. The molecule has 5 rings (SSSR count). The molecule has 4 heterocycles. The molecule has 0 bridgehead atoms. The molecule has 166 valence electrons. The number of hydrogen-bond donors (Lipinski definition) is 3. The van der Waals surface area contributed by atoms with Crippen molar-refractivity contribution in [3.63, 3.8) is 0 Å². The molecule has 0 unspecified atom stereocenters. The molecule has 3 N–H and O–H groups in total. The molecule has 2 atom stereocenters. The number of hydrogen-bond acceptors (Lipinski definition) is 9. The third-order valence-corrected chi connectivity index (χ3v) is 7.91. The smallest absolute Gasteiger partial charge is 0.225 e. The topological polar surface area (TPSA) is 95.9 Å². The van der Waals surface area contributed by atoms with Crippen molar-refractivity contribution in [2.75, 3.05) is 17.2 Å². The molecular formula is C23H26N6OS2. The lowest BCUT2D eigenvalue weighted by Gasteiger charge is -2.18. The predicted molar refractivity (Wildman–Crippen MR) is 131 cm³/mol. The van der Waals surface area contributed by atoms with E-state index in [1.54, 1.807) is 35.1 Å². The Morgan fingerprint density at radius 1 is 1.09 bits per heavy atom. The number of thiophene rings is 1. The van der Waals surface area contributed by atoms with Crippen LogP contribution in [0.2, 0.25) is 0 Å². The van der Waals surface area contributed by atoms with Crippen LogP contribution in [0, 0.1) is 19.8 Å². The Bertz CT molecular complexity index is 1200. The van der Waals surface area contributed by atoms with Crippen LogP contribution in [-0.2, 0) is 6.54 Å². The maximum absolute atomic E-state index is 9.55. The third kappa shape index (κ3) is 4.46. The molecule has 0 amide bonds. The molecule has 0 saturated heterocycles. The molecule has 7 nitrogen and oxygen atoms in total. The second-order valence-corrected chi connectivity index (χ2v) is 10.7. The summed E-state index contributed by atoms with van der Waals surface area (Å²) in [6.45, 7) is 5.06. The van der Waals surface area contributed by atoms with E-state index in [4.69, 9.17) is 15.0 Å². The van der Waals surface area contributed by atoms with Crippen LogP contribution in [0.1, 0.15) is 34.7 Å². The molecule has 4 aromatic rings. The average molecular weight is 467 g/mol. The van der Waals surface area contributed by atoms with E-state index in [2.05, 4.69) is 34.7 Å². The van der Waals surface area contributed by atoms with Gasteiger partial charge in [-0.3, -0.25) is 4.98 Å². The SMILES string of the molecule is Cc1ccc(CNc2nc(C)c(-c3nc4cnccc4s3)c(N[C@H]3CC[C@@H](CO)C3)n2)s1. The van der Waals surface area contributed by atoms with Gasteiger partial charge >= 0.3 is 0 Å². The fourth-order valence-corrected chi connectivity index (χ4v) is 6.07. The lowest BCUT2D eigenvalue weighted by atomic mass is 10.1. The monoisotopic (exact) mass is 466 g/mol. The first-order valence-corrected chi connectivity index (χ1v) is 12.5. The zero-order chi connectivity index (χ0) is 22.1. The number of rotatable bonds is 7. The second-order valence-electron chi connectivity index (χ2n) is 8.29. The van der Waals surface area contributed by atoms with Crippen LogP contribution < -0.4 is 10.6 Å². The van der Waals surface area contributed by atoms with Crippen LogP contribution in [0.3, 0.4) is 0 Å². The molecule has 0 aliphatic heterocycles. The highest BCUT2D eigenvalue weighted by atomic mass is 32.1. The minimum Gasteiger partial charge on any atom is -0.396 e. The zero-order valence-corrected chi connectivity index (χ0v) is 19.8. The highest BCUT2D eigenvalue weighted by Gasteiger charge is 2.26. The summed E-state index contributed by atoms with van der Waals surface area (Å²) in [4.78, 5) is 21.2. The van der Waals surface area contributed by atoms with Crippen molar-refractivity contribution in [2.45, 2.75) is 45.7 Å². The van der Waals surface area contributed by atoms with Crippen LogP contribution in [0.4, 0.5) is 11.8 Å². The number of thiazole rings is 1. The van der Waals surface area contributed by atoms with E-state index in [1.807, 2.05) is 13.0 Å². The number of fused-ring (bicyclic) bond motifs is 1. The number of anilines is 2. The Balaban J connectivity index is 1.49. The normalized spacial score (nSPS) is 18.3. The van der Waals surface area contributed by atoms with Crippen LogP contribution in [0.25, 0.3) is 20.8 Å². The maximum atomic E-state index is 9.55. The Morgan fingerprint density at radius 3 is 2.75 bits per heavy atom. The first kappa shape index (κ1) is 21.2. The van der Waals surface area contributed by atoms with Crippen LogP contribution >= 0.6 is 22.7 Å². The van der Waals surface area contributed by atoms with Gasteiger partial charge in [0.25, 0.3) is 0 Å². The molecule has 1 aliphatic carbocycles. The van der Waals surface area contributed by atoms with E-state index in [0.717, 1.165) is 51.6 Å². The largest absolute Gasteiger partial charge is 0.396 e. The fraction of sp³-hybridized carbons (Fsp3) is 0.391. The van der Waals surface area contributed by atoms with Crippen molar-refractivity contribution in [3.05, 3.63) is 46.0 Å². The van der Waals surface area contributed by atoms with Gasteiger partial charge in [-0.15, -0.1) is 22.7 Å². The van der Waals surface area contributed by atoms with Crippen LogP contribution in [-0.4, -0.2) is 37.7 Å². The molecule has 32 heavy (non-hydrogen) atoms. The summed E-state index contributed by atoms with van der Waals surface area (Å²) in [5, 5.41) is 17.5. The van der Waals surface area contributed by atoms with Crippen LogP contribution in [0.5, 0.6) is 0 Å². The van der Waals surface area contributed by atoms with Crippen molar-refractivity contribution < 1.29 is 5.11 Å². The highest BCUT2D eigenvalue weighted by Crippen LogP contribution is 2.37. The lowest BCUT2D eigenvalue weighted by molar-refractivity contribution is 0.229. The predicted octanol–water partition coefficient (Wildman–Crippen LogP) is 5.01. The van der Waals surface area contributed by atoms with Gasteiger partial charge in [0, 0.05) is 28.6 Å². The molecular weight excluding hydrogens is 440 g/mol. The van der Waals surface area contributed by atoms with Gasteiger partial charge in [-0.05, 0) is 57.2 Å². The number of aliphatic hydroxyl groups excluding tert-OH is 1. The second kappa shape index (κ2) is 9.09. The van der Waals surface area contributed by atoms with Crippen molar-refractivity contribution in [2.24, 2.45) is 5.92 Å². The van der Waals surface area contributed by atoms with E-state index < -0.39 is 0 Å². The van der Waals surface area contributed by atoms with Gasteiger partial charge in [0.05, 0.1) is 28.7 Å². The first-order valence-electron chi connectivity index (χ1n) is 10.8. The Labute approximate surface area is 195 Å². The maximum Gasteiger partial charge on any atom is 0.225 e. The Kier molecular flexibility index (Phi) is 6.03. The quantitative estimate of drug-likeness (QED) is 0.352. The summed E-state index contributed by atoms with van der Waals surface area (Å²) < 4.78 is 1.09. The van der Waals surface area contributed by atoms with Gasteiger partial charge in [-0.1, -0.05) is 0 Å². The molecule has 4 aromatic heterocycles. The van der Waals surface area contributed by atoms with Gasteiger partial charge in [-0.25, -0.2) is 9.97 Å². The Hall–Kier alpha value is -2.62. The van der Waals surface area contributed by atoms with E-state index in [9.17, 15) is 5.11 Å². The van der Waals surface area contributed by atoms with E-state index in [1.165, 1.54) is 9.75 Å². The molecule has 1 aliphatic rings. The van der Waals surface area contributed by atoms with Gasteiger partial charge in [0.15, 0.2) is 0 Å². The standard InChI is InChI=1S/C23H26N6OS2/c1-13-3-6-17(31-13)10-25-23-26-14(2)20(22-28-18-11-24-8-7-19(18)32-22)21(29-23)27-16-5-4-15(9-16)12-30/h3,6-8,11,15-16,30H,4-5,9-10,12H2,1-2H3,(H2,25,26,27,29)/t15-,16+/m1/s1. The minimum atomic E-state index is 0.242. The van der Waals surface area contributed by atoms with Gasteiger partial charge < -0.3 is 15.7 Å². The number of aryl methyl sites for hydroxylation is 2. The minimum absolute atomic E-state index is 0.242. The molecule has 1 fully saturated rings. The summed E-state index contributed by atoms with van der Waals surface area (Å²) in [7, 11) is 0. The van der Waals surface area contributed by atoms with Crippen molar-refractivity contribution in [3.8, 4) is 10.6 Å². The summed E-state index contributed by atoms with van der Waals surface area (Å²) in [5.41, 5.74) is 2.71. The highest BCUT2D eigenvalue weighted by molar-refractivity contribution is 7.21. The summed E-state index contributed by atoms with van der Waals surface area (Å²) in [6.07, 6.45) is 6.58. The van der Waals surface area contributed by atoms with Gasteiger partial charge in [0.1, 0.15) is 16.3 Å². The molecule has 1 saturated carbocycles. The molecule has 9 heteroatoms. The lowest BCUT2D eigenvalue weighted by Crippen LogP contribution is -2.19. The van der Waals surface area contributed by atoms with E-state index >= 15 is 0 Å². The van der Waals surface area contributed by atoms with Crippen LogP contribution in [0.15, 0.2) is 30.6 Å². The Morgan fingerprint density at radius 2 is 2.00 bits per heavy atom. The molecule has 0 spiro atoms. The number of aromatic nitrogens is 4. The van der Waals surface area contributed by atoms with E-state index in [0.29, 0.717) is 18.4 Å². The first-order chi connectivity index (χ1) is 15.6. The third-order valence-electron chi connectivity index (χ3n) is 5.85. The summed E-state index contributed by atoms with van der Waals surface area (Å²) in [6, 6.07) is 6.53. The number of nitrogens with zero attached hydrogens (tertiary/aromatic N) is 4. The number of aliphatic hydroxyl groups is 1. The van der Waals surface area contributed by atoms with E-state index in [-0.39, 0.29) is 12.6 Å².